The number of hydrogen-bond donors (Lipinski definition) is 1. The van der Waals surface area contributed by atoms with Gasteiger partial charge in [-0.2, -0.15) is 0 Å². The molecule has 31 heavy (non-hydrogen) atoms. The topological polar surface area (TPSA) is 75.4 Å². The molecular weight excluding hydrogens is 410 g/mol. The Bertz CT molecular complexity index is 1160. The molecule has 1 aliphatic carbocycles. The lowest BCUT2D eigenvalue weighted by Crippen LogP contribution is -2.34. The summed E-state index contributed by atoms with van der Waals surface area (Å²) in [5.74, 6) is 0.812. The van der Waals surface area contributed by atoms with Crippen LogP contribution in [-0.2, 0) is 16.1 Å². The first-order valence-corrected chi connectivity index (χ1v) is 11.6. The zero-order valence-electron chi connectivity index (χ0n) is 17.0. The Hall–Kier alpha value is -3.06. The van der Waals surface area contributed by atoms with Crippen LogP contribution in [-0.4, -0.2) is 32.8 Å². The summed E-state index contributed by atoms with van der Waals surface area (Å²) < 4.78 is 5.43. The van der Waals surface area contributed by atoms with Crippen LogP contribution >= 0.6 is 11.8 Å². The van der Waals surface area contributed by atoms with Crippen molar-refractivity contribution >= 4 is 40.4 Å². The number of aromatic nitrogens is 1. The van der Waals surface area contributed by atoms with E-state index < -0.39 is 0 Å². The van der Waals surface area contributed by atoms with Gasteiger partial charge in [-0.3, -0.25) is 9.59 Å². The molecule has 6 nitrogen and oxygen atoms in total. The molecule has 3 heterocycles. The second kappa shape index (κ2) is 8.59. The molecule has 158 valence electrons. The van der Waals surface area contributed by atoms with Crippen LogP contribution in [0.3, 0.4) is 0 Å². The van der Waals surface area contributed by atoms with Gasteiger partial charge in [-0.1, -0.05) is 12.1 Å². The van der Waals surface area contributed by atoms with E-state index in [1.165, 1.54) is 17.3 Å². The maximum atomic E-state index is 13.2. The van der Waals surface area contributed by atoms with Crippen molar-refractivity contribution in [3.63, 3.8) is 0 Å². The third kappa shape index (κ3) is 4.10. The van der Waals surface area contributed by atoms with Crippen LogP contribution in [0.4, 0.5) is 5.82 Å². The highest BCUT2D eigenvalue weighted by Crippen LogP contribution is 2.42. The predicted octanol–water partition coefficient (Wildman–Crippen LogP) is 4.74. The molecule has 0 saturated heterocycles. The van der Waals surface area contributed by atoms with Crippen molar-refractivity contribution < 1.29 is 14.0 Å². The van der Waals surface area contributed by atoms with Gasteiger partial charge in [-0.05, 0) is 67.2 Å². The second-order valence-electron chi connectivity index (χ2n) is 7.86. The normalized spacial score (nSPS) is 18.5. The fraction of sp³-hybridized carbons (Fsp3) is 0.292. The minimum Gasteiger partial charge on any atom is -0.464 e. The lowest BCUT2D eigenvalue weighted by atomic mass is 9.94. The molecule has 0 radical (unpaired) electrons. The molecule has 1 atom stereocenters. The fourth-order valence-corrected chi connectivity index (χ4v) is 5.53. The first-order chi connectivity index (χ1) is 15.2. The number of furan rings is 1. The second-order valence-corrected chi connectivity index (χ2v) is 8.93. The fourth-order valence-electron chi connectivity index (χ4n) is 4.34. The highest BCUT2D eigenvalue weighted by atomic mass is 32.2. The first kappa shape index (κ1) is 19.9. The molecular formula is C24H23N3O3S. The molecule has 5 rings (SSSR count). The van der Waals surface area contributed by atoms with Crippen molar-refractivity contribution in [3.05, 3.63) is 71.6 Å². The summed E-state index contributed by atoms with van der Waals surface area (Å²) in [4.78, 5) is 31.8. The van der Waals surface area contributed by atoms with E-state index in [2.05, 4.69) is 16.4 Å². The summed E-state index contributed by atoms with van der Waals surface area (Å²) in [6, 6.07) is 13.4. The smallest absolute Gasteiger partial charge is 0.251 e. The van der Waals surface area contributed by atoms with Gasteiger partial charge in [0.1, 0.15) is 16.8 Å². The number of pyridine rings is 1. The molecule has 1 aliphatic heterocycles. The van der Waals surface area contributed by atoms with Gasteiger partial charge in [0, 0.05) is 23.7 Å². The highest BCUT2D eigenvalue weighted by molar-refractivity contribution is 8.00. The van der Waals surface area contributed by atoms with E-state index >= 15 is 0 Å². The number of nitrogens with one attached hydrogen (secondary N) is 1. The number of fused-ring (bicyclic) bond motifs is 1. The van der Waals surface area contributed by atoms with Gasteiger partial charge >= 0.3 is 0 Å². The predicted molar refractivity (Wildman–Crippen MR) is 121 cm³/mol. The van der Waals surface area contributed by atoms with Crippen LogP contribution in [0.15, 0.2) is 70.5 Å². The van der Waals surface area contributed by atoms with Crippen LogP contribution in [0.25, 0.3) is 11.0 Å². The molecule has 1 unspecified atom stereocenters. The number of hydrogen-bond acceptors (Lipinski definition) is 5. The quantitative estimate of drug-likeness (QED) is 0.608. The van der Waals surface area contributed by atoms with E-state index in [-0.39, 0.29) is 22.9 Å². The minimum atomic E-state index is -0.110. The van der Waals surface area contributed by atoms with Crippen LogP contribution < -0.4 is 5.32 Å². The van der Waals surface area contributed by atoms with Crippen molar-refractivity contribution in [2.45, 2.75) is 37.6 Å². The van der Waals surface area contributed by atoms with E-state index in [1.54, 1.807) is 18.5 Å². The maximum Gasteiger partial charge on any atom is 0.251 e. The van der Waals surface area contributed by atoms with Gasteiger partial charge < -0.3 is 14.6 Å². The van der Waals surface area contributed by atoms with Crippen LogP contribution in [0.1, 0.15) is 31.2 Å². The molecule has 0 spiro atoms. The molecule has 7 heteroatoms. The number of carbonyl (C=O) groups is 2. The number of thioether (sulfide) groups is 1. The Balaban J connectivity index is 1.33. The molecule has 0 bridgehead atoms. The maximum absolute atomic E-state index is 13.2. The van der Waals surface area contributed by atoms with Gasteiger partial charge in [-0.15, -0.1) is 11.8 Å². The average Bonchev–Trinajstić information content (AvgIpc) is 3.36. The number of benzene rings is 1. The van der Waals surface area contributed by atoms with Crippen molar-refractivity contribution in [3.8, 4) is 0 Å². The number of nitrogens with zero attached hydrogens (tertiary/aromatic N) is 2. The molecule has 2 aromatic heterocycles. The summed E-state index contributed by atoms with van der Waals surface area (Å²) in [5.41, 5.74) is 4.06. The summed E-state index contributed by atoms with van der Waals surface area (Å²) in [6.45, 7) is 0.520. The Kier molecular flexibility index (Phi) is 5.51. The van der Waals surface area contributed by atoms with Crippen molar-refractivity contribution in [2.75, 3.05) is 11.1 Å². The molecule has 1 N–H and O–H groups in total. The Morgan fingerprint density at radius 3 is 2.97 bits per heavy atom. The monoisotopic (exact) mass is 433 g/mol. The van der Waals surface area contributed by atoms with E-state index in [9.17, 15) is 9.59 Å². The number of amides is 2. The van der Waals surface area contributed by atoms with Gasteiger partial charge in [-0.25, -0.2) is 4.98 Å². The van der Waals surface area contributed by atoms with E-state index in [0.29, 0.717) is 12.4 Å². The van der Waals surface area contributed by atoms with Crippen molar-refractivity contribution in [2.24, 2.45) is 0 Å². The number of rotatable bonds is 6. The van der Waals surface area contributed by atoms with Gasteiger partial charge in [0.05, 0.1) is 12.0 Å². The zero-order chi connectivity index (χ0) is 21.2. The third-order valence-electron chi connectivity index (χ3n) is 5.79. The van der Waals surface area contributed by atoms with Crippen molar-refractivity contribution in [1.29, 1.82) is 0 Å². The molecule has 0 fully saturated rings. The Morgan fingerprint density at radius 1 is 1.19 bits per heavy atom. The molecule has 1 aromatic carbocycles. The standard InChI is InChI=1S/C24H23N3O3S/c28-22(26-21-7-3-4-11-25-21)15-31-24-19-6-2-1-5-18(19)23(29)27(24)14-16-8-9-20-17(13-16)10-12-30-20/h3-4,7-13,24H,1-2,5-6,14-15H2,(H,25,26,28). The molecule has 3 aromatic rings. The summed E-state index contributed by atoms with van der Waals surface area (Å²) in [7, 11) is 0. The lowest BCUT2D eigenvalue weighted by Gasteiger charge is -2.27. The third-order valence-corrected chi connectivity index (χ3v) is 7.07. The van der Waals surface area contributed by atoms with Crippen LogP contribution in [0, 0.1) is 0 Å². The summed E-state index contributed by atoms with van der Waals surface area (Å²) in [6.07, 6.45) is 7.24. The first-order valence-electron chi connectivity index (χ1n) is 10.5. The largest absolute Gasteiger partial charge is 0.464 e. The van der Waals surface area contributed by atoms with E-state index in [4.69, 9.17) is 4.42 Å². The average molecular weight is 434 g/mol. The number of carbonyl (C=O) groups excluding carboxylic acids is 2. The zero-order valence-corrected chi connectivity index (χ0v) is 17.9. The molecule has 2 aliphatic rings. The summed E-state index contributed by atoms with van der Waals surface area (Å²) in [5, 5.41) is 3.76. The van der Waals surface area contributed by atoms with Gasteiger partial charge in [0.2, 0.25) is 5.91 Å². The van der Waals surface area contributed by atoms with E-state index in [1.807, 2.05) is 35.2 Å². The Morgan fingerprint density at radius 2 is 2.10 bits per heavy atom. The SMILES string of the molecule is O=C(CSC1C2=C(CCCC2)C(=O)N1Cc1ccc2occc2c1)Nc1ccccn1. The van der Waals surface area contributed by atoms with Gasteiger partial charge in [0.15, 0.2) is 0 Å². The van der Waals surface area contributed by atoms with E-state index in [0.717, 1.165) is 47.8 Å². The molecule has 2 amide bonds. The van der Waals surface area contributed by atoms with Gasteiger partial charge in [0.25, 0.3) is 5.91 Å². The highest BCUT2D eigenvalue weighted by Gasteiger charge is 2.40. The molecule has 0 saturated carbocycles. The summed E-state index contributed by atoms with van der Waals surface area (Å²) >= 11 is 1.52. The van der Waals surface area contributed by atoms with Crippen LogP contribution in [0.5, 0.6) is 0 Å². The Labute approximate surface area is 184 Å². The number of anilines is 1. The van der Waals surface area contributed by atoms with Crippen LogP contribution in [0.2, 0.25) is 0 Å². The minimum absolute atomic E-state index is 0.0997. The van der Waals surface area contributed by atoms with Crippen molar-refractivity contribution in [1.82, 2.24) is 9.88 Å². The lowest BCUT2D eigenvalue weighted by molar-refractivity contribution is -0.126.